The molecule has 0 aromatic heterocycles. The molecule has 0 saturated carbocycles. The van der Waals surface area contributed by atoms with Crippen LogP contribution in [-0.2, 0) is 4.74 Å². The van der Waals surface area contributed by atoms with Gasteiger partial charge in [0.15, 0.2) is 0 Å². The summed E-state index contributed by atoms with van der Waals surface area (Å²) in [6.45, 7) is 2.64. The van der Waals surface area contributed by atoms with Crippen LogP contribution in [0.4, 0.5) is 11.4 Å². The molecule has 6 heteroatoms. The summed E-state index contributed by atoms with van der Waals surface area (Å²) in [6, 6.07) is 14.1. The summed E-state index contributed by atoms with van der Waals surface area (Å²) >= 11 is 0. The zero-order valence-electron chi connectivity index (χ0n) is 13.2. The van der Waals surface area contributed by atoms with Gasteiger partial charge in [-0.1, -0.05) is 18.2 Å². The van der Waals surface area contributed by atoms with Gasteiger partial charge in [0.2, 0.25) is 0 Å². The van der Waals surface area contributed by atoms with Crippen molar-refractivity contribution >= 4 is 23.2 Å². The number of carbonyl (C=O) groups is 2. The number of ether oxygens (including phenoxy) is 1. The first-order valence-corrected chi connectivity index (χ1v) is 7.78. The van der Waals surface area contributed by atoms with Crippen molar-refractivity contribution in [2.24, 2.45) is 5.73 Å². The molecule has 2 amide bonds. The van der Waals surface area contributed by atoms with E-state index in [-0.39, 0.29) is 5.91 Å². The average molecular weight is 325 g/mol. The van der Waals surface area contributed by atoms with E-state index in [1.807, 2.05) is 12.1 Å². The molecule has 0 unspecified atom stereocenters. The van der Waals surface area contributed by atoms with Gasteiger partial charge in [-0.05, 0) is 30.3 Å². The highest BCUT2D eigenvalue weighted by Crippen LogP contribution is 2.25. The van der Waals surface area contributed by atoms with Gasteiger partial charge >= 0.3 is 0 Å². The van der Waals surface area contributed by atoms with Crippen LogP contribution in [0, 0.1) is 0 Å². The molecule has 3 N–H and O–H groups in total. The van der Waals surface area contributed by atoms with E-state index in [2.05, 4.69) is 10.2 Å². The summed E-state index contributed by atoms with van der Waals surface area (Å²) in [5.74, 6) is -0.752. The van der Waals surface area contributed by atoms with Crippen LogP contribution in [0.5, 0.6) is 0 Å². The lowest BCUT2D eigenvalue weighted by Crippen LogP contribution is -2.37. The van der Waals surface area contributed by atoms with Crippen LogP contribution in [0.3, 0.4) is 0 Å². The highest BCUT2D eigenvalue weighted by atomic mass is 16.5. The van der Waals surface area contributed by atoms with E-state index < -0.39 is 5.91 Å². The fraction of sp³-hybridized carbons (Fsp3) is 0.222. The van der Waals surface area contributed by atoms with Crippen molar-refractivity contribution in [1.82, 2.24) is 0 Å². The maximum atomic E-state index is 12.2. The second-order valence-electron chi connectivity index (χ2n) is 5.52. The van der Waals surface area contributed by atoms with Crippen molar-refractivity contribution in [3.63, 3.8) is 0 Å². The molecule has 2 aromatic carbocycles. The Hall–Kier alpha value is -2.86. The quantitative estimate of drug-likeness (QED) is 0.899. The van der Waals surface area contributed by atoms with Gasteiger partial charge in [0.1, 0.15) is 0 Å². The Balaban J connectivity index is 1.83. The smallest absolute Gasteiger partial charge is 0.255 e. The number of hydrogen-bond donors (Lipinski definition) is 2. The number of benzene rings is 2. The highest BCUT2D eigenvalue weighted by molar-refractivity contribution is 6.06. The normalized spacial score (nSPS) is 14.2. The molecule has 1 saturated heterocycles. The first kappa shape index (κ1) is 16.0. The lowest BCUT2D eigenvalue weighted by Gasteiger charge is -2.30. The summed E-state index contributed by atoms with van der Waals surface area (Å²) in [4.78, 5) is 26.1. The van der Waals surface area contributed by atoms with E-state index in [1.165, 1.54) is 0 Å². The standard InChI is InChI=1S/C18H19N3O3/c19-17(22)15-12-14(20-18(23)13-4-2-1-3-5-13)6-7-16(15)21-8-10-24-11-9-21/h1-7,12H,8-11H2,(H2,19,22)(H,20,23). The molecule has 1 fully saturated rings. The molecule has 6 nitrogen and oxygen atoms in total. The zero-order valence-corrected chi connectivity index (χ0v) is 13.2. The van der Waals surface area contributed by atoms with Crippen molar-refractivity contribution in [2.45, 2.75) is 0 Å². The minimum atomic E-state index is -0.521. The van der Waals surface area contributed by atoms with E-state index in [9.17, 15) is 9.59 Å². The van der Waals surface area contributed by atoms with Gasteiger partial charge in [-0.25, -0.2) is 0 Å². The third-order valence-electron chi connectivity index (χ3n) is 3.91. The monoisotopic (exact) mass is 325 g/mol. The fourth-order valence-electron chi connectivity index (χ4n) is 2.68. The Morgan fingerprint density at radius 1 is 1.04 bits per heavy atom. The van der Waals surface area contributed by atoms with E-state index in [4.69, 9.17) is 10.5 Å². The van der Waals surface area contributed by atoms with E-state index in [1.54, 1.807) is 36.4 Å². The Morgan fingerprint density at radius 2 is 1.75 bits per heavy atom. The number of primary amides is 1. The van der Waals surface area contributed by atoms with Crippen molar-refractivity contribution in [1.29, 1.82) is 0 Å². The molecule has 124 valence electrons. The maximum absolute atomic E-state index is 12.2. The van der Waals surface area contributed by atoms with Gasteiger partial charge in [0, 0.05) is 30.0 Å². The Labute approximate surface area is 140 Å². The summed E-state index contributed by atoms with van der Waals surface area (Å²) in [6.07, 6.45) is 0. The lowest BCUT2D eigenvalue weighted by molar-refractivity contribution is 0.0994. The van der Waals surface area contributed by atoms with Crippen LogP contribution in [0.15, 0.2) is 48.5 Å². The number of anilines is 2. The van der Waals surface area contributed by atoms with Crippen LogP contribution in [-0.4, -0.2) is 38.1 Å². The predicted octanol–water partition coefficient (Wildman–Crippen LogP) is 1.87. The third kappa shape index (κ3) is 3.55. The molecule has 1 aliphatic rings. The predicted molar refractivity (Wildman–Crippen MR) is 92.4 cm³/mol. The fourth-order valence-corrected chi connectivity index (χ4v) is 2.68. The number of carbonyl (C=O) groups excluding carboxylic acids is 2. The summed E-state index contributed by atoms with van der Waals surface area (Å²) in [7, 11) is 0. The molecule has 0 spiro atoms. The van der Waals surface area contributed by atoms with Gasteiger partial charge in [0.25, 0.3) is 11.8 Å². The number of nitrogens with two attached hydrogens (primary N) is 1. The topological polar surface area (TPSA) is 84.7 Å². The molecule has 2 aromatic rings. The van der Waals surface area contributed by atoms with Crippen molar-refractivity contribution < 1.29 is 14.3 Å². The SMILES string of the molecule is NC(=O)c1cc(NC(=O)c2ccccc2)ccc1N1CCOCC1. The minimum Gasteiger partial charge on any atom is -0.378 e. The summed E-state index contributed by atoms with van der Waals surface area (Å²) in [5, 5.41) is 2.79. The number of amides is 2. The Kier molecular flexibility index (Phi) is 4.77. The minimum absolute atomic E-state index is 0.231. The molecule has 24 heavy (non-hydrogen) atoms. The first-order valence-electron chi connectivity index (χ1n) is 7.78. The molecule has 0 atom stereocenters. The second kappa shape index (κ2) is 7.14. The number of hydrogen-bond acceptors (Lipinski definition) is 4. The summed E-state index contributed by atoms with van der Waals surface area (Å²) in [5.41, 5.74) is 7.77. The number of nitrogens with one attached hydrogen (secondary N) is 1. The van der Waals surface area contributed by atoms with E-state index in [0.717, 1.165) is 5.69 Å². The van der Waals surface area contributed by atoms with Gasteiger partial charge in [-0.15, -0.1) is 0 Å². The Morgan fingerprint density at radius 3 is 2.42 bits per heavy atom. The Bertz CT molecular complexity index is 740. The molecular weight excluding hydrogens is 306 g/mol. The number of rotatable bonds is 4. The molecule has 0 bridgehead atoms. The summed E-state index contributed by atoms with van der Waals surface area (Å²) < 4.78 is 5.33. The molecule has 0 radical (unpaired) electrons. The number of morpholine rings is 1. The number of nitrogens with zero attached hydrogens (tertiary/aromatic N) is 1. The van der Waals surface area contributed by atoms with Crippen molar-refractivity contribution in [2.75, 3.05) is 36.5 Å². The van der Waals surface area contributed by atoms with Crippen LogP contribution >= 0.6 is 0 Å². The van der Waals surface area contributed by atoms with Gasteiger partial charge in [0.05, 0.1) is 18.8 Å². The average Bonchev–Trinajstić information content (AvgIpc) is 2.63. The maximum Gasteiger partial charge on any atom is 0.255 e. The molecular formula is C18H19N3O3. The van der Waals surface area contributed by atoms with Gasteiger partial charge in [-0.2, -0.15) is 0 Å². The third-order valence-corrected chi connectivity index (χ3v) is 3.91. The van der Waals surface area contributed by atoms with E-state index >= 15 is 0 Å². The molecule has 3 rings (SSSR count). The van der Waals surface area contributed by atoms with Gasteiger partial charge < -0.3 is 20.7 Å². The molecule has 0 aliphatic carbocycles. The zero-order chi connectivity index (χ0) is 16.9. The van der Waals surface area contributed by atoms with Gasteiger partial charge in [-0.3, -0.25) is 9.59 Å². The molecule has 1 aliphatic heterocycles. The van der Waals surface area contributed by atoms with Crippen LogP contribution < -0.4 is 16.0 Å². The van der Waals surface area contributed by atoms with Crippen LogP contribution in [0.25, 0.3) is 0 Å². The van der Waals surface area contributed by atoms with Crippen molar-refractivity contribution in [3.8, 4) is 0 Å². The lowest BCUT2D eigenvalue weighted by atomic mass is 10.1. The highest BCUT2D eigenvalue weighted by Gasteiger charge is 2.18. The second-order valence-corrected chi connectivity index (χ2v) is 5.52. The van der Waals surface area contributed by atoms with Crippen LogP contribution in [0.1, 0.15) is 20.7 Å². The first-order chi connectivity index (χ1) is 11.6. The molecule has 1 heterocycles. The van der Waals surface area contributed by atoms with E-state index in [0.29, 0.717) is 43.1 Å². The largest absolute Gasteiger partial charge is 0.378 e. The van der Waals surface area contributed by atoms with Crippen LogP contribution in [0.2, 0.25) is 0 Å². The van der Waals surface area contributed by atoms with Crippen molar-refractivity contribution in [3.05, 3.63) is 59.7 Å².